The zero-order chi connectivity index (χ0) is 13.1. The number of nitrogen functional groups attached to an aromatic ring is 1. The summed E-state index contributed by atoms with van der Waals surface area (Å²) < 4.78 is 22.2. The molecule has 0 bridgehead atoms. The van der Waals surface area contributed by atoms with Gasteiger partial charge in [0.2, 0.25) is 0 Å². The van der Waals surface area contributed by atoms with Gasteiger partial charge in [-0.1, -0.05) is 0 Å². The molecule has 0 unspecified atom stereocenters. The molecule has 0 radical (unpaired) electrons. The first-order valence-electron chi connectivity index (χ1n) is 4.99. The molecule has 1 aromatic rings. The largest absolute Gasteiger partial charge is 0.382 e. The predicted molar refractivity (Wildman–Crippen MR) is 68.2 cm³/mol. The van der Waals surface area contributed by atoms with Gasteiger partial charge in [-0.2, -0.15) is 0 Å². The second-order valence-electron chi connectivity index (χ2n) is 3.84. The summed E-state index contributed by atoms with van der Waals surface area (Å²) >= 11 is 0. The van der Waals surface area contributed by atoms with E-state index in [0.29, 0.717) is 17.9 Å². The summed E-state index contributed by atoms with van der Waals surface area (Å²) in [4.78, 5) is 5.73. The van der Waals surface area contributed by atoms with Crippen molar-refractivity contribution in [3.63, 3.8) is 0 Å². The summed E-state index contributed by atoms with van der Waals surface area (Å²) in [5.41, 5.74) is 6.43. The number of hydrogen-bond acceptors (Lipinski definition) is 5. The molecule has 0 fully saturated rings. The van der Waals surface area contributed by atoms with E-state index in [4.69, 9.17) is 11.1 Å². The SMILES string of the molecule is CN(CCS(C)(=O)=O)c1cccnc1C(=N)N. The first-order chi connectivity index (χ1) is 7.81. The summed E-state index contributed by atoms with van der Waals surface area (Å²) in [5, 5.41) is 7.39. The molecule has 0 aliphatic heterocycles. The van der Waals surface area contributed by atoms with Crippen molar-refractivity contribution in [1.29, 1.82) is 5.41 Å². The van der Waals surface area contributed by atoms with E-state index in [2.05, 4.69) is 4.98 Å². The Balaban J connectivity index is 2.89. The molecule has 0 aliphatic rings. The van der Waals surface area contributed by atoms with Crippen molar-refractivity contribution in [3.05, 3.63) is 24.0 Å². The number of pyridine rings is 1. The fourth-order valence-electron chi connectivity index (χ4n) is 1.34. The summed E-state index contributed by atoms with van der Waals surface area (Å²) in [7, 11) is -1.26. The van der Waals surface area contributed by atoms with E-state index in [-0.39, 0.29) is 11.6 Å². The highest BCUT2D eigenvalue weighted by Crippen LogP contribution is 2.15. The first kappa shape index (κ1) is 13.4. The Morgan fingerprint density at radius 1 is 1.59 bits per heavy atom. The second-order valence-corrected chi connectivity index (χ2v) is 6.10. The number of amidine groups is 1. The number of nitrogens with two attached hydrogens (primary N) is 1. The standard InChI is InChI=1S/C10H16N4O2S/c1-14(6-7-17(2,15)16)8-4-3-5-13-9(8)10(11)12/h3-5H,6-7H2,1-2H3,(H3,11,12). The van der Waals surface area contributed by atoms with E-state index >= 15 is 0 Å². The van der Waals surface area contributed by atoms with Crippen molar-refractivity contribution in [1.82, 2.24) is 4.98 Å². The summed E-state index contributed by atoms with van der Waals surface area (Å²) in [5.74, 6) is -0.0813. The Bertz CT molecular complexity index is 513. The third kappa shape index (κ3) is 4.03. The Morgan fingerprint density at radius 2 is 2.24 bits per heavy atom. The molecule has 0 atom stereocenters. The highest BCUT2D eigenvalue weighted by Gasteiger charge is 2.12. The molecule has 0 aliphatic carbocycles. The summed E-state index contributed by atoms with van der Waals surface area (Å²) in [6, 6.07) is 3.48. The van der Waals surface area contributed by atoms with Crippen molar-refractivity contribution in [2.24, 2.45) is 5.73 Å². The second kappa shape index (κ2) is 5.13. The van der Waals surface area contributed by atoms with Crippen molar-refractivity contribution < 1.29 is 8.42 Å². The zero-order valence-electron chi connectivity index (χ0n) is 9.84. The maximum absolute atomic E-state index is 11.1. The van der Waals surface area contributed by atoms with Crippen LogP contribution in [0, 0.1) is 5.41 Å². The summed E-state index contributed by atoms with van der Waals surface area (Å²) in [6.45, 7) is 0.338. The van der Waals surface area contributed by atoms with E-state index < -0.39 is 9.84 Å². The van der Waals surface area contributed by atoms with Gasteiger partial charge in [0.15, 0.2) is 0 Å². The molecule has 3 N–H and O–H groups in total. The average Bonchev–Trinajstić information content (AvgIpc) is 2.25. The van der Waals surface area contributed by atoms with Crippen molar-refractivity contribution in [2.75, 3.05) is 30.5 Å². The Labute approximate surface area is 101 Å². The van der Waals surface area contributed by atoms with Crippen LogP contribution in [0.15, 0.2) is 18.3 Å². The molecule has 0 spiro atoms. The number of nitrogens with one attached hydrogen (secondary N) is 1. The molecule has 17 heavy (non-hydrogen) atoms. The monoisotopic (exact) mass is 256 g/mol. The third-order valence-electron chi connectivity index (χ3n) is 2.25. The van der Waals surface area contributed by atoms with E-state index in [1.807, 2.05) is 0 Å². The lowest BCUT2D eigenvalue weighted by Gasteiger charge is -2.20. The highest BCUT2D eigenvalue weighted by atomic mass is 32.2. The number of sulfone groups is 1. The molecule has 94 valence electrons. The fourth-order valence-corrected chi connectivity index (χ4v) is 1.94. The van der Waals surface area contributed by atoms with Gasteiger partial charge in [-0.15, -0.1) is 0 Å². The fraction of sp³-hybridized carbons (Fsp3) is 0.400. The zero-order valence-corrected chi connectivity index (χ0v) is 10.7. The molecule has 1 aromatic heterocycles. The molecule has 0 amide bonds. The van der Waals surface area contributed by atoms with Crippen LogP contribution in [0.3, 0.4) is 0 Å². The Kier molecular flexibility index (Phi) is 4.06. The Morgan fingerprint density at radius 3 is 2.76 bits per heavy atom. The molecule has 0 aromatic carbocycles. The van der Waals surface area contributed by atoms with E-state index in [0.717, 1.165) is 0 Å². The summed E-state index contributed by atoms with van der Waals surface area (Å²) in [6.07, 6.45) is 2.74. The topological polar surface area (TPSA) is 100 Å². The van der Waals surface area contributed by atoms with Crippen LogP contribution in [0.1, 0.15) is 5.69 Å². The van der Waals surface area contributed by atoms with Gasteiger partial charge in [-0.3, -0.25) is 10.4 Å². The maximum atomic E-state index is 11.1. The van der Waals surface area contributed by atoms with Gasteiger partial charge in [0, 0.05) is 26.0 Å². The van der Waals surface area contributed by atoms with Crippen LogP contribution in [0.5, 0.6) is 0 Å². The van der Waals surface area contributed by atoms with Gasteiger partial charge in [-0.25, -0.2) is 8.42 Å². The quantitative estimate of drug-likeness (QED) is 0.563. The van der Waals surface area contributed by atoms with Crippen molar-refractivity contribution >= 4 is 21.4 Å². The van der Waals surface area contributed by atoms with Crippen LogP contribution in [0.25, 0.3) is 0 Å². The van der Waals surface area contributed by atoms with Crippen LogP contribution < -0.4 is 10.6 Å². The smallest absolute Gasteiger partial charge is 0.149 e. The average molecular weight is 256 g/mol. The third-order valence-corrected chi connectivity index (χ3v) is 3.17. The number of hydrogen-bond donors (Lipinski definition) is 2. The number of aromatic nitrogens is 1. The lowest BCUT2D eigenvalue weighted by Crippen LogP contribution is -2.28. The molecule has 6 nitrogen and oxygen atoms in total. The van der Waals surface area contributed by atoms with Crippen LogP contribution in [0.4, 0.5) is 5.69 Å². The van der Waals surface area contributed by atoms with Gasteiger partial charge in [0.1, 0.15) is 21.4 Å². The van der Waals surface area contributed by atoms with Crippen LogP contribution in [-0.4, -0.2) is 44.8 Å². The lowest BCUT2D eigenvalue weighted by atomic mass is 10.2. The van der Waals surface area contributed by atoms with Crippen molar-refractivity contribution in [3.8, 4) is 0 Å². The molecular formula is C10H16N4O2S. The van der Waals surface area contributed by atoms with Gasteiger partial charge in [0.25, 0.3) is 0 Å². The molecule has 7 heteroatoms. The van der Waals surface area contributed by atoms with E-state index in [1.165, 1.54) is 6.26 Å². The molecule has 1 heterocycles. The number of rotatable bonds is 5. The van der Waals surface area contributed by atoms with Gasteiger partial charge >= 0.3 is 0 Å². The molecule has 0 saturated heterocycles. The first-order valence-corrected chi connectivity index (χ1v) is 7.05. The van der Waals surface area contributed by atoms with Crippen LogP contribution >= 0.6 is 0 Å². The molecule has 1 rings (SSSR count). The minimum atomic E-state index is -3.01. The van der Waals surface area contributed by atoms with Gasteiger partial charge in [-0.05, 0) is 12.1 Å². The van der Waals surface area contributed by atoms with Crippen LogP contribution in [0.2, 0.25) is 0 Å². The Hall–Kier alpha value is -1.63. The lowest BCUT2D eigenvalue weighted by molar-refractivity contribution is 0.601. The predicted octanol–water partition coefficient (Wildman–Crippen LogP) is -0.154. The maximum Gasteiger partial charge on any atom is 0.149 e. The van der Waals surface area contributed by atoms with Gasteiger partial charge in [0.05, 0.1) is 11.4 Å². The van der Waals surface area contributed by atoms with Crippen molar-refractivity contribution in [2.45, 2.75) is 0 Å². The number of nitrogens with zero attached hydrogens (tertiary/aromatic N) is 2. The van der Waals surface area contributed by atoms with E-state index in [9.17, 15) is 8.42 Å². The van der Waals surface area contributed by atoms with Crippen LogP contribution in [-0.2, 0) is 9.84 Å². The molecular weight excluding hydrogens is 240 g/mol. The van der Waals surface area contributed by atoms with E-state index in [1.54, 1.807) is 30.3 Å². The normalized spacial score (nSPS) is 11.2. The minimum absolute atomic E-state index is 0.0513. The number of anilines is 1. The highest BCUT2D eigenvalue weighted by molar-refractivity contribution is 7.90. The van der Waals surface area contributed by atoms with Gasteiger partial charge < -0.3 is 10.6 Å². The minimum Gasteiger partial charge on any atom is -0.382 e. The molecule has 0 saturated carbocycles.